The molecule has 18 heavy (non-hydrogen) atoms. The second kappa shape index (κ2) is 6.22. The minimum Gasteiger partial charge on any atom is -0.480 e. The maximum Gasteiger partial charge on any atom is 0.328 e. The summed E-state index contributed by atoms with van der Waals surface area (Å²) >= 11 is 0. The van der Waals surface area contributed by atoms with Crippen LogP contribution in [0.5, 0.6) is 0 Å². The quantitative estimate of drug-likeness (QED) is 0.603. The number of carbonyl (C=O) groups is 2. The number of amides is 2. The zero-order valence-electron chi connectivity index (χ0n) is 9.25. The Labute approximate surface area is 103 Å². The van der Waals surface area contributed by atoms with E-state index in [9.17, 15) is 9.59 Å². The summed E-state index contributed by atoms with van der Waals surface area (Å²) in [5.74, 6) is -1.33. The molecule has 0 saturated carbocycles. The van der Waals surface area contributed by atoms with Crippen molar-refractivity contribution in [1.82, 2.24) is 5.32 Å². The summed E-state index contributed by atoms with van der Waals surface area (Å²) in [5.41, 5.74) is 0.855. The normalized spacial score (nSPS) is 11.1. The lowest BCUT2D eigenvalue weighted by Gasteiger charge is -2.12. The number of nitrogens with zero attached hydrogens (tertiary/aromatic N) is 1. The molecular formula is C11H11N3O4. The second-order valence-corrected chi connectivity index (χ2v) is 3.36. The summed E-state index contributed by atoms with van der Waals surface area (Å²) in [6.45, 7) is -0.698. The molecule has 0 heterocycles. The van der Waals surface area contributed by atoms with Crippen molar-refractivity contribution in [3.8, 4) is 6.07 Å². The van der Waals surface area contributed by atoms with Gasteiger partial charge in [0.15, 0.2) is 6.04 Å². The number of carboxylic acids is 1. The van der Waals surface area contributed by atoms with Crippen LogP contribution in [0, 0.1) is 11.3 Å². The molecule has 7 nitrogen and oxygen atoms in total. The largest absolute Gasteiger partial charge is 0.480 e. The third-order valence-electron chi connectivity index (χ3n) is 2.06. The molecule has 1 atom stereocenters. The molecule has 0 aromatic heterocycles. The molecular weight excluding hydrogens is 238 g/mol. The van der Waals surface area contributed by atoms with Gasteiger partial charge >= 0.3 is 12.0 Å². The summed E-state index contributed by atoms with van der Waals surface area (Å²) < 4.78 is 0. The van der Waals surface area contributed by atoms with Crippen molar-refractivity contribution in [3.63, 3.8) is 0 Å². The van der Waals surface area contributed by atoms with Crippen molar-refractivity contribution in [2.24, 2.45) is 0 Å². The van der Waals surface area contributed by atoms with Gasteiger partial charge in [-0.1, -0.05) is 0 Å². The summed E-state index contributed by atoms with van der Waals surface area (Å²) in [6.07, 6.45) is 0. The van der Waals surface area contributed by atoms with E-state index in [-0.39, 0.29) is 0 Å². The van der Waals surface area contributed by atoms with Gasteiger partial charge in [0.1, 0.15) is 0 Å². The fraction of sp³-hybridized carbons (Fsp3) is 0.182. The smallest absolute Gasteiger partial charge is 0.328 e. The third-order valence-corrected chi connectivity index (χ3v) is 2.06. The summed E-state index contributed by atoms with van der Waals surface area (Å²) in [7, 11) is 0. The highest BCUT2D eigenvalue weighted by atomic mass is 16.4. The van der Waals surface area contributed by atoms with E-state index >= 15 is 0 Å². The van der Waals surface area contributed by atoms with Gasteiger partial charge in [-0.05, 0) is 24.3 Å². The average molecular weight is 249 g/mol. The molecule has 1 aromatic rings. The second-order valence-electron chi connectivity index (χ2n) is 3.36. The van der Waals surface area contributed by atoms with Crippen LogP contribution >= 0.6 is 0 Å². The average Bonchev–Trinajstić information content (AvgIpc) is 2.36. The van der Waals surface area contributed by atoms with E-state index in [1.807, 2.05) is 6.07 Å². The Bertz CT molecular complexity index is 478. The Balaban J connectivity index is 2.59. The maximum atomic E-state index is 11.4. The molecule has 0 aliphatic rings. The number of aliphatic hydroxyl groups excluding tert-OH is 1. The van der Waals surface area contributed by atoms with Crippen molar-refractivity contribution < 1.29 is 19.8 Å². The lowest BCUT2D eigenvalue weighted by molar-refractivity contribution is -0.140. The van der Waals surface area contributed by atoms with E-state index in [0.29, 0.717) is 11.3 Å². The van der Waals surface area contributed by atoms with Crippen LogP contribution in [0.2, 0.25) is 0 Å². The standard InChI is InChI=1S/C11H11N3O4/c12-5-7-1-3-8(4-2-7)13-11(18)14-9(6-15)10(16)17/h1-4,9,15H,6H2,(H,16,17)(H2,13,14,18)/t9-/m0/s1. The van der Waals surface area contributed by atoms with Gasteiger partial charge in [0.25, 0.3) is 0 Å². The molecule has 0 fully saturated rings. The highest BCUT2D eigenvalue weighted by Gasteiger charge is 2.18. The van der Waals surface area contributed by atoms with Crippen LogP contribution in [-0.4, -0.2) is 34.9 Å². The number of anilines is 1. The van der Waals surface area contributed by atoms with Crippen molar-refractivity contribution in [1.29, 1.82) is 5.26 Å². The molecule has 0 saturated heterocycles. The first-order valence-electron chi connectivity index (χ1n) is 4.98. The van der Waals surface area contributed by atoms with Gasteiger partial charge < -0.3 is 20.8 Å². The summed E-state index contributed by atoms with van der Waals surface area (Å²) in [5, 5.41) is 30.4. The van der Waals surface area contributed by atoms with Gasteiger partial charge in [-0.25, -0.2) is 9.59 Å². The van der Waals surface area contributed by atoms with Crippen molar-refractivity contribution in [3.05, 3.63) is 29.8 Å². The number of nitrogens with one attached hydrogen (secondary N) is 2. The number of benzene rings is 1. The van der Waals surface area contributed by atoms with E-state index in [1.54, 1.807) is 0 Å². The van der Waals surface area contributed by atoms with E-state index in [0.717, 1.165) is 0 Å². The van der Waals surface area contributed by atoms with Crippen LogP contribution in [0.3, 0.4) is 0 Å². The minimum atomic E-state index is -1.36. The minimum absolute atomic E-state index is 0.411. The summed E-state index contributed by atoms with van der Waals surface area (Å²) in [4.78, 5) is 21.9. The van der Waals surface area contributed by atoms with Gasteiger partial charge in [-0.2, -0.15) is 5.26 Å². The number of hydrogen-bond donors (Lipinski definition) is 4. The molecule has 1 rings (SSSR count). The molecule has 7 heteroatoms. The summed E-state index contributed by atoms with van der Waals surface area (Å²) in [6, 6.07) is 5.85. The maximum absolute atomic E-state index is 11.4. The lowest BCUT2D eigenvalue weighted by Crippen LogP contribution is -2.45. The lowest BCUT2D eigenvalue weighted by atomic mass is 10.2. The first kappa shape index (κ1) is 13.5. The molecule has 1 aromatic carbocycles. The van der Waals surface area contributed by atoms with E-state index < -0.39 is 24.6 Å². The fourth-order valence-electron chi connectivity index (χ4n) is 1.14. The molecule has 0 aliphatic carbocycles. The predicted molar refractivity (Wildman–Crippen MR) is 61.8 cm³/mol. The van der Waals surface area contributed by atoms with Crippen molar-refractivity contribution in [2.45, 2.75) is 6.04 Å². The van der Waals surface area contributed by atoms with Crippen molar-refractivity contribution in [2.75, 3.05) is 11.9 Å². The van der Waals surface area contributed by atoms with Crippen LogP contribution in [0.15, 0.2) is 24.3 Å². The van der Waals surface area contributed by atoms with Crippen LogP contribution in [0.1, 0.15) is 5.56 Å². The number of urea groups is 1. The Kier molecular flexibility index (Phi) is 4.66. The van der Waals surface area contributed by atoms with Gasteiger partial charge in [0.05, 0.1) is 18.2 Å². The Morgan fingerprint density at radius 1 is 1.33 bits per heavy atom. The Hall–Kier alpha value is -2.59. The number of aliphatic carboxylic acids is 1. The zero-order valence-corrected chi connectivity index (χ0v) is 9.25. The van der Waals surface area contributed by atoms with Crippen LogP contribution < -0.4 is 10.6 Å². The first-order chi connectivity index (χ1) is 8.56. The van der Waals surface area contributed by atoms with Crippen LogP contribution in [0.25, 0.3) is 0 Å². The highest BCUT2D eigenvalue weighted by Crippen LogP contribution is 2.08. The fourth-order valence-corrected chi connectivity index (χ4v) is 1.14. The van der Waals surface area contributed by atoms with Gasteiger partial charge in [0, 0.05) is 5.69 Å². The van der Waals surface area contributed by atoms with Gasteiger partial charge in [-0.3, -0.25) is 0 Å². The van der Waals surface area contributed by atoms with E-state index in [1.165, 1.54) is 24.3 Å². The molecule has 0 spiro atoms. The van der Waals surface area contributed by atoms with Crippen molar-refractivity contribution >= 4 is 17.7 Å². The number of carbonyl (C=O) groups excluding carboxylic acids is 1. The molecule has 4 N–H and O–H groups in total. The van der Waals surface area contributed by atoms with Crippen LogP contribution in [0.4, 0.5) is 10.5 Å². The van der Waals surface area contributed by atoms with Gasteiger partial charge in [-0.15, -0.1) is 0 Å². The number of nitriles is 1. The molecule has 2 amide bonds. The topological polar surface area (TPSA) is 122 Å². The van der Waals surface area contributed by atoms with Crippen LogP contribution in [-0.2, 0) is 4.79 Å². The first-order valence-corrected chi connectivity index (χ1v) is 4.98. The van der Waals surface area contributed by atoms with E-state index in [2.05, 4.69) is 10.6 Å². The predicted octanol–water partition coefficient (Wildman–Crippen LogP) is 0.125. The molecule has 0 bridgehead atoms. The Morgan fingerprint density at radius 3 is 2.39 bits per heavy atom. The number of hydrogen-bond acceptors (Lipinski definition) is 4. The van der Waals surface area contributed by atoms with E-state index in [4.69, 9.17) is 15.5 Å². The molecule has 0 radical (unpaired) electrons. The number of carboxylic acid groups (broad SMARTS) is 1. The monoisotopic (exact) mass is 249 g/mol. The number of rotatable bonds is 4. The molecule has 0 unspecified atom stereocenters. The number of aliphatic hydroxyl groups is 1. The third kappa shape index (κ3) is 3.77. The SMILES string of the molecule is N#Cc1ccc(NC(=O)N[C@@H](CO)C(=O)O)cc1. The zero-order chi connectivity index (χ0) is 13.5. The molecule has 94 valence electrons. The Morgan fingerprint density at radius 2 is 1.94 bits per heavy atom. The molecule has 0 aliphatic heterocycles. The highest BCUT2D eigenvalue weighted by molar-refractivity contribution is 5.92. The van der Waals surface area contributed by atoms with Gasteiger partial charge in [0.2, 0.25) is 0 Å².